The lowest BCUT2D eigenvalue weighted by Crippen LogP contribution is -2.58. The number of rotatable bonds is 12. The molecule has 2 aromatic carbocycles. The van der Waals surface area contributed by atoms with Crippen LogP contribution in [0.5, 0.6) is 0 Å². The minimum Gasteiger partial charge on any atom is -0.458 e. The van der Waals surface area contributed by atoms with E-state index in [4.69, 9.17) is 15.9 Å². The summed E-state index contributed by atoms with van der Waals surface area (Å²) in [6.07, 6.45) is 5.47. The summed E-state index contributed by atoms with van der Waals surface area (Å²) in [5.41, 5.74) is -0.204. The highest BCUT2D eigenvalue weighted by molar-refractivity contribution is 5.94. The van der Waals surface area contributed by atoms with Gasteiger partial charge in [-0.1, -0.05) is 61.4 Å². The summed E-state index contributed by atoms with van der Waals surface area (Å²) in [6.45, 7) is 13.0. The first-order chi connectivity index (χ1) is 21.0. The zero-order chi connectivity index (χ0) is 33.9. The van der Waals surface area contributed by atoms with Crippen molar-refractivity contribution in [1.82, 2.24) is 15.5 Å². The first-order valence-electron chi connectivity index (χ1n) is 15.1. The number of alkyl carbamates (subject to hydrolysis) is 1. The summed E-state index contributed by atoms with van der Waals surface area (Å²) < 4.78 is 11.0. The zero-order valence-corrected chi connectivity index (χ0v) is 27.5. The van der Waals surface area contributed by atoms with Crippen LogP contribution < -0.4 is 10.6 Å². The van der Waals surface area contributed by atoms with Crippen LogP contribution in [0.15, 0.2) is 54.6 Å². The lowest BCUT2D eigenvalue weighted by atomic mass is 9.95. The molecule has 0 fully saturated rings. The molecule has 10 heteroatoms. The van der Waals surface area contributed by atoms with Gasteiger partial charge in [-0.25, -0.2) is 9.59 Å². The molecule has 0 aliphatic heterocycles. The van der Waals surface area contributed by atoms with Crippen molar-refractivity contribution in [3.8, 4) is 12.3 Å². The van der Waals surface area contributed by atoms with Crippen molar-refractivity contribution in [1.29, 1.82) is 0 Å². The molecule has 4 unspecified atom stereocenters. The Bertz CT molecular complexity index is 1360. The molecule has 2 rings (SSSR count). The van der Waals surface area contributed by atoms with Crippen LogP contribution in [0.25, 0.3) is 0 Å². The number of aliphatic hydroxyl groups is 1. The number of hydrogen-bond acceptors (Lipinski definition) is 7. The van der Waals surface area contributed by atoms with Crippen molar-refractivity contribution in [3.63, 3.8) is 0 Å². The highest BCUT2D eigenvalue weighted by Gasteiger charge is 2.40. The molecule has 3 amide bonds. The van der Waals surface area contributed by atoms with E-state index in [0.717, 1.165) is 5.56 Å². The highest BCUT2D eigenvalue weighted by atomic mass is 16.6. The smallest absolute Gasteiger partial charge is 0.408 e. The summed E-state index contributed by atoms with van der Waals surface area (Å²) in [7, 11) is 0. The van der Waals surface area contributed by atoms with Gasteiger partial charge < -0.3 is 30.1 Å². The Morgan fingerprint density at radius 3 is 2.00 bits per heavy atom. The summed E-state index contributed by atoms with van der Waals surface area (Å²) in [6, 6.07) is 11.4. The van der Waals surface area contributed by atoms with Gasteiger partial charge in [0.05, 0.1) is 6.61 Å². The number of amides is 3. The Morgan fingerprint density at radius 2 is 1.47 bits per heavy atom. The van der Waals surface area contributed by atoms with E-state index in [9.17, 15) is 24.3 Å². The highest BCUT2D eigenvalue weighted by Crippen LogP contribution is 2.29. The molecule has 0 saturated heterocycles. The Morgan fingerprint density at radius 1 is 0.889 bits per heavy atom. The maximum atomic E-state index is 14.4. The number of terminal acetylenes is 1. The summed E-state index contributed by atoms with van der Waals surface area (Å²) in [4.78, 5) is 55.9. The normalized spacial score (nSPS) is 14.1. The van der Waals surface area contributed by atoms with Gasteiger partial charge in [-0.15, -0.1) is 6.42 Å². The minimum atomic E-state index is -1.44. The number of ether oxygens (including phenoxy) is 2. The van der Waals surface area contributed by atoms with E-state index in [0.29, 0.717) is 17.5 Å². The molecule has 0 aliphatic carbocycles. The molecular weight excluding hydrogens is 574 g/mol. The van der Waals surface area contributed by atoms with E-state index in [1.165, 1.54) is 4.90 Å². The molecule has 45 heavy (non-hydrogen) atoms. The fraction of sp³-hybridized carbons (Fsp3) is 0.486. The largest absolute Gasteiger partial charge is 0.458 e. The Kier molecular flexibility index (Phi) is 13.2. The van der Waals surface area contributed by atoms with Crippen LogP contribution in [0.1, 0.15) is 84.5 Å². The topological polar surface area (TPSA) is 134 Å². The lowest BCUT2D eigenvalue weighted by molar-refractivity contribution is -0.159. The van der Waals surface area contributed by atoms with Crippen molar-refractivity contribution >= 4 is 23.9 Å². The molecule has 0 aromatic heterocycles. The van der Waals surface area contributed by atoms with Crippen molar-refractivity contribution < 1.29 is 33.8 Å². The van der Waals surface area contributed by atoms with Crippen LogP contribution >= 0.6 is 0 Å². The van der Waals surface area contributed by atoms with Gasteiger partial charge in [-0.3, -0.25) is 9.59 Å². The third-order valence-electron chi connectivity index (χ3n) is 6.72. The van der Waals surface area contributed by atoms with E-state index in [1.807, 2.05) is 37.3 Å². The van der Waals surface area contributed by atoms with E-state index in [-0.39, 0.29) is 6.42 Å². The molecule has 10 nitrogen and oxygen atoms in total. The van der Waals surface area contributed by atoms with Crippen LogP contribution in [-0.2, 0) is 30.3 Å². The summed E-state index contributed by atoms with van der Waals surface area (Å²) in [5.74, 6) is 0.510. The SMILES string of the molecule is C#Cc1ccccc1C(C(=O)NC(Cc1ccccc1)C(=O)OC(C)(C)C)N(C(=O)C(CO)NC(=O)OC(C)(C)C)C(C)CC. The van der Waals surface area contributed by atoms with Crippen molar-refractivity contribution in [2.75, 3.05) is 6.61 Å². The monoisotopic (exact) mass is 621 g/mol. The van der Waals surface area contributed by atoms with Crippen LogP contribution in [0.2, 0.25) is 0 Å². The first kappa shape index (κ1) is 36.8. The second-order valence-electron chi connectivity index (χ2n) is 12.8. The van der Waals surface area contributed by atoms with E-state index in [2.05, 4.69) is 16.6 Å². The number of nitrogens with one attached hydrogen (secondary N) is 2. The molecule has 244 valence electrons. The average Bonchev–Trinajstić information content (AvgIpc) is 2.96. The molecule has 0 saturated carbocycles. The molecule has 4 atom stereocenters. The molecule has 0 radical (unpaired) electrons. The maximum absolute atomic E-state index is 14.4. The van der Waals surface area contributed by atoms with Crippen LogP contribution in [0.3, 0.4) is 0 Å². The van der Waals surface area contributed by atoms with Gasteiger partial charge in [-0.05, 0) is 72.1 Å². The van der Waals surface area contributed by atoms with E-state index < -0.39 is 65.9 Å². The van der Waals surface area contributed by atoms with Gasteiger partial charge in [0.25, 0.3) is 0 Å². The van der Waals surface area contributed by atoms with E-state index >= 15 is 0 Å². The zero-order valence-electron chi connectivity index (χ0n) is 27.5. The standard InChI is InChI=1S/C35H47N3O7/c1-10-23(3)38(31(41)28(22-39)37-33(43)45-35(7,8)9)29(26-20-16-15-19-25(26)11-2)30(40)36-27(32(42)44-34(4,5)6)21-24-17-13-12-14-18-24/h2,12-20,23,27-29,39H,10,21-22H2,1,3-9H3,(H,36,40)(H,37,43). The Hall–Kier alpha value is -4.36. The predicted molar refractivity (Wildman–Crippen MR) is 172 cm³/mol. The van der Waals surface area contributed by atoms with Gasteiger partial charge in [0, 0.05) is 18.0 Å². The minimum absolute atomic E-state index is 0.127. The molecule has 0 aliphatic rings. The Balaban J connectivity index is 2.64. The Labute approximate surface area is 266 Å². The number of nitrogens with zero attached hydrogens (tertiary/aromatic N) is 1. The maximum Gasteiger partial charge on any atom is 0.408 e. The fourth-order valence-corrected chi connectivity index (χ4v) is 4.56. The second kappa shape index (κ2) is 16.1. The number of benzene rings is 2. The quantitative estimate of drug-likeness (QED) is 0.238. The molecule has 2 aromatic rings. The predicted octanol–water partition coefficient (Wildman–Crippen LogP) is 4.29. The van der Waals surface area contributed by atoms with Crippen molar-refractivity contribution in [3.05, 3.63) is 71.3 Å². The number of carbonyl (C=O) groups is 4. The molecule has 0 heterocycles. The first-order valence-corrected chi connectivity index (χ1v) is 15.1. The lowest BCUT2D eigenvalue weighted by Gasteiger charge is -2.38. The summed E-state index contributed by atoms with van der Waals surface area (Å²) >= 11 is 0. The number of aliphatic hydroxyl groups excluding tert-OH is 1. The van der Waals surface area contributed by atoms with Gasteiger partial charge in [0.2, 0.25) is 11.8 Å². The van der Waals surface area contributed by atoms with E-state index in [1.54, 1.807) is 72.7 Å². The third kappa shape index (κ3) is 11.3. The number of esters is 1. The van der Waals surface area contributed by atoms with Crippen LogP contribution in [-0.4, -0.2) is 69.8 Å². The molecule has 3 N–H and O–H groups in total. The number of carbonyl (C=O) groups excluding carboxylic acids is 4. The fourth-order valence-electron chi connectivity index (χ4n) is 4.56. The third-order valence-corrected chi connectivity index (χ3v) is 6.72. The van der Waals surface area contributed by atoms with Gasteiger partial charge >= 0.3 is 12.1 Å². The molecule has 0 bridgehead atoms. The van der Waals surface area contributed by atoms with Gasteiger partial charge in [-0.2, -0.15) is 0 Å². The van der Waals surface area contributed by atoms with Gasteiger partial charge in [0.1, 0.15) is 29.3 Å². The van der Waals surface area contributed by atoms with Crippen molar-refractivity contribution in [2.24, 2.45) is 0 Å². The second-order valence-corrected chi connectivity index (χ2v) is 12.8. The van der Waals surface area contributed by atoms with Crippen LogP contribution in [0.4, 0.5) is 4.79 Å². The van der Waals surface area contributed by atoms with Crippen molar-refractivity contribution in [2.45, 2.75) is 104 Å². The van der Waals surface area contributed by atoms with Crippen LogP contribution in [0, 0.1) is 12.3 Å². The number of hydrogen-bond donors (Lipinski definition) is 3. The molecular formula is C35H47N3O7. The summed E-state index contributed by atoms with van der Waals surface area (Å²) in [5, 5.41) is 15.5. The molecule has 0 spiro atoms. The average molecular weight is 622 g/mol. The van der Waals surface area contributed by atoms with Gasteiger partial charge in [0.15, 0.2) is 0 Å².